The molecule has 0 bridgehead atoms. The molecule has 0 saturated heterocycles. The van der Waals surface area contributed by atoms with Gasteiger partial charge in [-0.15, -0.1) is 11.8 Å². The third-order valence-corrected chi connectivity index (χ3v) is 5.51. The zero-order valence-corrected chi connectivity index (χ0v) is 17.5. The molecule has 0 saturated carbocycles. The number of ether oxygens (including phenoxy) is 1. The summed E-state index contributed by atoms with van der Waals surface area (Å²) in [6.07, 6.45) is 5.60. The Kier molecular flexibility index (Phi) is 5.62. The summed E-state index contributed by atoms with van der Waals surface area (Å²) in [7, 11) is 3.76. The molecule has 2 heterocycles. The fourth-order valence-corrected chi connectivity index (χ4v) is 3.85. The minimum atomic E-state index is 0.675. The molecule has 5 nitrogen and oxygen atoms in total. The second-order valence-electron chi connectivity index (χ2n) is 6.68. The maximum atomic E-state index is 5.54. The maximum absolute atomic E-state index is 5.54. The van der Waals surface area contributed by atoms with E-state index in [1.54, 1.807) is 31.3 Å². The highest BCUT2D eigenvalue weighted by atomic mass is 32.2. The van der Waals surface area contributed by atoms with Gasteiger partial charge in [0.1, 0.15) is 11.6 Å². The second-order valence-corrected chi connectivity index (χ2v) is 7.52. The summed E-state index contributed by atoms with van der Waals surface area (Å²) in [4.78, 5) is 17.1. The molecule has 0 aliphatic rings. The number of methoxy groups -OCH3 is 1. The average molecular weight is 403 g/mol. The van der Waals surface area contributed by atoms with Crippen LogP contribution in [-0.4, -0.2) is 35.4 Å². The lowest BCUT2D eigenvalue weighted by atomic mass is 10.1. The summed E-state index contributed by atoms with van der Waals surface area (Å²) in [5.74, 6) is 2.46. The number of hydrogen-bond acceptors (Lipinski definition) is 6. The Hall–Kier alpha value is -3.12. The quantitative estimate of drug-likeness (QED) is 0.420. The van der Waals surface area contributed by atoms with Crippen molar-refractivity contribution in [3.8, 4) is 17.1 Å². The molecular weight excluding hydrogens is 380 g/mol. The number of fused-ring (bicyclic) bond motifs is 1. The molecule has 0 unspecified atom stereocenters. The molecule has 29 heavy (non-hydrogen) atoms. The van der Waals surface area contributed by atoms with Gasteiger partial charge in [-0.05, 0) is 48.2 Å². The van der Waals surface area contributed by atoms with Crippen LogP contribution >= 0.6 is 11.8 Å². The van der Waals surface area contributed by atoms with Crippen LogP contribution in [0.2, 0.25) is 0 Å². The van der Waals surface area contributed by atoms with Crippen LogP contribution in [0.3, 0.4) is 0 Å². The van der Waals surface area contributed by atoms with Crippen molar-refractivity contribution >= 4 is 28.5 Å². The van der Waals surface area contributed by atoms with Gasteiger partial charge < -0.3 is 9.64 Å². The van der Waals surface area contributed by atoms with Crippen LogP contribution in [0, 0.1) is 0 Å². The molecule has 0 amide bonds. The molecule has 0 radical (unpaired) electrons. The van der Waals surface area contributed by atoms with Crippen molar-refractivity contribution < 1.29 is 4.74 Å². The normalized spacial score (nSPS) is 10.9. The van der Waals surface area contributed by atoms with Gasteiger partial charge in [-0.3, -0.25) is 4.98 Å². The molecule has 6 heteroatoms. The molecule has 0 fully saturated rings. The van der Waals surface area contributed by atoms with E-state index in [2.05, 4.69) is 47.5 Å². The highest BCUT2D eigenvalue weighted by Crippen LogP contribution is 2.31. The Morgan fingerprint density at radius 3 is 2.66 bits per heavy atom. The minimum absolute atomic E-state index is 0.675. The number of aromatic nitrogens is 3. The summed E-state index contributed by atoms with van der Waals surface area (Å²) in [6.45, 7) is 0.707. The molecule has 0 aliphatic carbocycles. The lowest BCUT2D eigenvalue weighted by Gasteiger charge is -2.21. The number of benzene rings is 2. The minimum Gasteiger partial charge on any atom is -0.496 e. The predicted molar refractivity (Wildman–Crippen MR) is 120 cm³/mol. The Balaban J connectivity index is 1.74. The van der Waals surface area contributed by atoms with Gasteiger partial charge >= 0.3 is 0 Å². The molecule has 146 valence electrons. The largest absolute Gasteiger partial charge is 0.496 e. The number of nitrogens with zero attached hydrogens (tertiary/aromatic N) is 4. The molecule has 0 atom stereocenters. The first kappa shape index (κ1) is 19.2. The Bertz CT molecular complexity index is 1130. The van der Waals surface area contributed by atoms with Crippen LogP contribution in [0.1, 0.15) is 5.56 Å². The Morgan fingerprint density at radius 1 is 1.03 bits per heavy atom. The fraction of sp³-hybridized carbons (Fsp3) is 0.174. The van der Waals surface area contributed by atoms with E-state index in [4.69, 9.17) is 14.7 Å². The first-order valence-electron chi connectivity index (χ1n) is 9.29. The SMILES string of the molecule is COc1cc(CN(C)c2nc(-c3cccnc3)nc3ccccc23)ccc1SC. The molecular formula is C23H22N4OS. The standard InChI is InChI=1S/C23H22N4OS/c1-27(15-16-10-11-21(29-3)20(13-16)28-2)23-18-8-4-5-9-19(18)25-22(26-23)17-7-6-12-24-14-17/h4-14H,15H2,1-3H3. The summed E-state index contributed by atoms with van der Waals surface area (Å²) in [5, 5.41) is 1.02. The van der Waals surface area contributed by atoms with Gasteiger partial charge in [0.2, 0.25) is 0 Å². The lowest BCUT2D eigenvalue weighted by Crippen LogP contribution is -2.18. The summed E-state index contributed by atoms with van der Waals surface area (Å²) >= 11 is 1.68. The number of para-hydroxylation sites is 1. The topological polar surface area (TPSA) is 51.1 Å². The van der Waals surface area contributed by atoms with Crippen LogP contribution in [-0.2, 0) is 6.54 Å². The molecule has 4 rings (SSSR count). The van der Waals surface area contributed by atoms with Gasteiger partial charge in [0.05, 0.1) is 12.6 Å². The highest BCUT2D eigenvalue weighted by molar-refractivity contribution is 7.98. The van der Waals surface area contributed by atoms with E-state index in [0.29, 0.717) is 12.4 Å². The number of anilines is 1. The van der Waals surface area contributed by atoms with Crippen LogP contribution < -0.4 is 9.64 Å². The predicted octanol–water partition coefficient (Wildman–Crippen LogP) is 5.06. The smallest absolute Gasteiger partial charge is 0.163 e. The van der Waals surface area contributed by atoms with Gasteiger partial charge in [0, 0.05) is 41.8 Å². The summed E-state index contributed by atoms with van der Waals surface area (Å²) < 4.78 is 5.54. The molecule has 0 N–H and O–H groups in total. The molecule has 0 aliphatic heterocycles. The van der Waals surface area contributed by atoms with Crippen LogP contribution in [0.4, 0.5) is 5.82 Å². The van der Waals surface area contributed by atoms with Crippen molar-refractivity contribution in [2.24, 2.45) is 0 Å². The molecule has 0 spiro atoms. The van der Waals surface area contributed by atoms with Gasteiger partial charge in [0.25, 0.3) is 0 Å². The number of thioether (sulfide) groups is 1. The van der Waals surface area contributed by atoms with Crippen molar-refractivity contribution in [2.75, 3.05) is 25.3 Å². The summed E-state index contributed by atoms with van der Waals surface area (Å²) in [5.41, 5.74) is 2.98. The number of rotatable bonds is 6. The number of pyridine rings is 1. The Morgan fingerprint density at radius 2 is 1.90 bits per heavy atom. The van der Waals surface area contributed by atoms with Crippen LogP contribution in [0.5, 0.6) is 5.75 Å². The van der Waals surface area contributed by atoms with Crippen molar-refractivity contribution in [2.45, 2.75) is 11.4 Å². The first-order valence-corrected chi connectivity index (χ1v) is 10.5. The van der Waals surface area contributed by atoms with E-state index in [9.17, 15) is 0 Å². The van der Waals surface area contributed by atoms with E-state index in [-0.39, 0.29) is 0 Å². The van der Waals surface area contributed by atoms with Crippen molar-refractivity contribution in [1.29, 1.82) is 0 Å². The van der Waals surface area contributed by atoms with E-state index < -0.39 is 0 Å². The van der Waals surface area contributed by atoms with E-state index in [1.165, 1.54) is 0 Å². The molecule has 2 aromatic heterocycles. The van der Waals surface area contributed by atoms with Gasteiger partial charge in [-0.25, -0.2) is 9.97 Å². The number of hydrogen-bond donors (Lipinski definition) is 0. The zero-order chi connectivity index (χ0) is 20.2. The third kappa shape index (κ3) is 4.03. The van der Waals surface area contributed by atoms with E-state index in [1.807, 2.05) is 30.3 Å². The van der Waals surface area contributed by atoms with Crippen molar-refractivity contribution in [3.63, 3.8) is 0 Å². The lowest BCUT2D eigenvalue weighted by molar-refractivity contribution is 0.404. The van der Waals surface area contributed by atoms with Gasteiger partial charge in [0.15, 0.2) is 5.82 Å². The molecule has 4 aromatic rings. The second kappa shape index (κ2) is 8.49. The monoisotopic (exact) mass is 402 g/mol. The van der Waals surface area contributed by atoms with Crippen LogP contribution in [0.25, 0.3) is 22.3 Å². The van der Waals surface area contributed by atoms with E-state index in [0.717, 1.165) is 38.5 Å². The van der Waals surface area contributed by atoms with Crippen molar-refractivity contribution in [1.82, 2.24) is 15.0 Å². The highest BCUT2D eigenvalue weighted by Gasteiger charge is 2.14. The molecule has 2 aromatic carbocycles. The zero-order valence-electron chi connectivity index (χ0n) is 16.7. The maximum Gasteiger partial charge on any atom is 0.163 e. The average Bonchev–Trinajstić information content (AvgIpc) is 2.78. The van der Waals surface area contributed by atoms with Gasteiger partial charge in [-0.2, -0.15) is 0 Å². The first-order chi connectivity index (χ1) is 14.2. The van der Waals surface area contributed by atoms with Crippen molar-refractivity contribution in [3.05, 3.63) is 72.6 Å². The van der Waals surface area contributed by atoms with E-state index >= 15 is 0 Å². The Labute approximate surface area is 174 Å². The fourth-order valence-electron chi connectivity index (χ4n) is 3.30. The van der Waals surface area contributed by atoms with Crippen LogP contribution in [0.15, 0.2) is 71.9 Å². The van der Waals surface area contributed by atoms with Gasteiger partial charge in [-0.1, -0.05) is 18.2 Å². The third-order valence-electron chi connectivity index (χ3n) is 4.73. The summed E-state index contributed by atoms with van der Waals surface area (Å²) in [6, 6.07) is 18.3.